The number of nitrogens with zero attached hydrogens (tertiary/aromatic N) is 1. The zero-order valence-corrected chi connectivity index (χ0v) is 12.6. The van der Waals surface area contributed by atoms with E-state index in [1.807, 2.05) is 61.5 Å². The zero-order valence-electron chi connectivity index (χ0n) is 11.7. The van der Waals surface area contributed by atoms with Crippen LogP contribution in [0.1, 0.15) is 6.92 Å². The summed E-state index contributed by atoms with van der Waals surface area (Å²) in [5.74, 6) is 0.816. The molecule has 0 unspecified atom stereocenters. The molecule has 0 bridgehead atoms. The van der Waals surface area contributed by atoms with E-state index in [2.05, 4.69) is 0 Å². The van der Waals surface area contributed by atoms with Crippen molar-refractivity contribution in [3.63, 3.8) is 0 Å². The summed E-state index contributed by atoms with van der Waals surface area (Å²) < 4.78 is 5.67. The van der Waals surface area contributed by atoms with Crippen LogP contribution in [0.15, 0.2) is 54.6 Å². The maximum Gasteiger partial charge on any atom is 0.128 e. The van der Waals surface area contributed by atoms with Crippen molar-refractivity contribution < 1.29 is 4.74 Å². The molecule has 0 fully saturated rings. The van der Waals surface area contributed by atoms with Gasteiger partial charge in [0.1, 0.15) is 21.5 Å². The van der Waals surface area contributed by atoms with Gasteiger partial charge >= 0.3 is 0 Å². The van der Waals surface area contributed by atoms with Gasteiger partial charge in [-0.3, -0.25) is 0 Å². The van der Waals surface area contributed by atoms with Gasteiger partial charge in [-0.25, -0.2) is 4.98 Å². The molecule has 0 atom stereocenters. The number of nitrogens with two attached hydrogens (primary N) is 1. The fraction of sp³-hybridized carbons (Fsp3) is 0.118. The third-order valence-corrected chi connectivity index (χ3v) is 4.05. The molecule has 0 aliphatic carbocycles. The molecule has 2 N–H and O–H groups in total. The number of hydrogen-bond donors (Lipinski definition) is 1. The first kappa shape index (κ1) is 13.6. The van der Waals surface area contributed by atoms with Crippen molar-refractivity contribution in [1.29, 1.82) is 0 Å². The van der Waals surface area contributed by atoms with Crippen LogP contribution < -0.4 is 10.5 Å². The topological polar surface area (TPSA) is 48.1 Å². The number of para-hydroxylation sites is 1. The Kier molecular flexibility index (Phi) is 3.88. The van der Waals surface area contributed by atoms with Crippen LogP contribution in [-0.2, 0) is 0 Å². The molecule has 3 nitrogen and oxygen atoms in total. The van der Waals surface area contributed by atoms with Gasteiger partial charge in [-0.05, 0) is 19.1 Å². The lowest BCUT2D eigenvalue weighted by molar-refractivity contribution is 0.341. The number of ether oxygens (including phenoxy) is 1. The second kappa shape index (κ2) is 5.97. The predicted molar refractivity (Wildman–Crippen MR) is 88.6 cm³/mol. The summed E-state index contributed by atoms with van der Waals surface area (Å²) >= 11 is 1.50. The van der Waals surface area contributed by atoms with Crippen molar-refractivity contribution in [1.82, 2.24) is 4.98 Å². The Balaban J connectivity index is 2.06. The fourth-order valence-electron chi connectivity index (χ4n) is 2.17. The highest BCUT2D eigenvalue weighted by Gasteiger charge is 2.15. The Hall–Kier alpha value is -2.33. The number of anilines is 1. The first-order valence-electron chi connectivity index (χ1n) is 6.83. The van der Waals surface area contributed by atoms with Crippen molar-refractivity contribution in [2.24, 2.45) is 0 Å². The molecule has 1 heterocycles. The van der Waals surface area contributed by atoms with Gasteiger partial charge in [0, 0.05) is 11.1 Å². The van der Waals surface area contributed by atoms with Crippen molar-refractivity contribution >= 4 is 16.3 Å². The molecule has 4 heteroatoms. The van der Waals surface area contributed by atoms with Crippen LogP contribution in [-0.4, -0.2) is 11.6 Å². The van der Waals surface area contributed by atoms with E-state index in [9.17, 15) is 0 Å². The van der Waals surface area contributed by atoms with Gasteiger partial charge in [-0.2, -0.15) is 0 Å². The van der Waals surface area contributed by atoms with Gasteiger partial charge in [0.15, 0.2) is 0 Å². The molecule has 0 aliphatic heterocycles. The summed E-state index contributed by atoms with van der Waals surface area (Å²) in [7, 11) is 0. The highest BCUT2D eigenvalue weighted by molar-refractivity contribution is 7.19. The number of thiazole rings is 1. The fourth-order valence-corrected chi connectivity index (χ4v) is 3.02. The Morgan fingerprint density at radius 1 is 1.05 bits per heavy atom. The third kappa shape index (κ3) is 2.76. The smallest absolute Gasteiger partial charge is 0.128 e. The second-order valence-corrected chi connectivity index (χ2v) is 5.56. The SMILES string of the molecule is CCOc1ccccc1-c1nc(-c2ccccc2)sc1N. The maximum atomic E-state index is 6.18. The third-order valence-electron chi connectivity index (χ3n) is 3.12. The quantitative estimate of drug-likeness (QED) is 0.773. The van der Waals surface area contributed by atoms with Crippen molar-refractivity contribution in [3.8, 4) is 27.6 Å². The van der Waals surface area contributed by atoms with Crippen LogP contribution in [0, 0.1) is 0 Å². The molecule has 21 heavy (non-hydrogen) atoms. The van der Waals surface area contributed by atoms with E-state index >= 15 is 0 Å². The van der Waals surface area contributed by atoms with E-state index in [1.54, 1.807) is 0 Å². The molecule has 0 saturated carbocycles. The van der Waals surface area contributed by atoms with E-state index in [-0.39, 0.29) is 0 Å². The summed E-state index contributed by atoms with van der Waals surface area (Å²) in [4.78, 5) is 4.71. The molecule has 0 radical (unpaired) electrons. The molecule has 106 valence electrons. The number of nitrogen functional groups attached to an aromatic ring is 1. The highest BCUT2D eigenvalue weighted by atomic mass is 32.1. The van der Waals surface area contributed by atoms with Crippen LogP contribution in [0.2, 0.25) is 0 Å². The molecule has 0 spiro atoms. The van der Waals surface area contributed by atoms with Crippen molar-refractivity contribution in [2.45, 2.75) is 6.92 Å². The number of aromatic nitrogens is 1. The van der Waals surface area contributed by atoms with Crippen LogP contribution in [0.25, 0.3) is 21.8 Å². The summed E-state index contributed by atoms with van der Waals surface area (Å²) in [5, 5.41) is 1.63. The van der Waals surface area contributed by atoms with Gasteiger partial charge in [0.2, 0.25) is 0 Å². The first-order valence-corrected chi connectivity index (χ1v) is 7.65. The van der Waals surface area contributed by atoms with E-state index in [0.717, 1.165) is 27.6 Å². The monoisotopic (exact) mass is 296 g/mol. The van der Waals surface area contributed by atoms with Crippen LogP contribution >= 0.6 is 11.3 Å². The lowest BCUT2D eigenvalue weighted by Gasteiger charge is -2.08. The van der Waals surface area contributed by atoms with Crippen molar-refractivity contribution in [3.05, 3.63) is 54.6 Å². The van der Waals surface area contributed by atoms with Gasteiger partial charge < -0.3 is 10.5 Å². The van der Waals surface area contributed by atoms with Gasteiger partial charge in [0.05, 0.1) is 6.61 Å². The highest BCUT2D eigenvalue weighted by Crippen LogP contribution is 2.39. The molecule has 3 rings (SSSR count). The Morgan fingerprint density at radius 3 is 2.52 bits per heavy atom. The maximum absolute atomic E-state index is 6.18. The van der Waals surface area contributed by atoms with Gasteiger partial charge in [0.25, 0.3) is 0 Å². The van der Waals surface area contributed by atoms with E-state index in [0.29, 0.717) is 11.6 Å². The number of hydrogen-bond acceptors (Lipinski definition) is 4. The zero-order chi connectivity index (χ0) is 14.7. The van der Waals surface area contributed by atoms with Crippen molar-refractivity contribution in [2.75, 3.05) is 12.3 Å². The van der Waals surface area contributed by atoms with Crippen LogP contribution in [0.3, 0.4) is 0 Å². The molecular weight excluding hydrogens is 280 g/mol. The summed E-state index contributed by atoms with van der Waals surface area (Å²) in [5.41, 5.74) is 8.99. The molecule has 0 amide bonds. The standard InChI is InChI=1S/C17H16N2OS/c1-2-20-14-11-7-6-10-13(14)15-16(18)21-17(19-15)12-8-4-3-5-9-12/h3-11H,2,18H2,1H3. The molecule has 1 aromatic heterocycles. The molecule has 2 aromatic carbocycles. The Morgan fingerprint density at radius 2 is 1.76 bits per heavy atom. The average molecular weight is 296 g/mol. The largest absolute Gasteiger partial charge is 0.493 e. The van der Waals surface area contributed by atoms with E-state index in [4.69, 9.17) is 15.5 Å². The van der Waals surface area contributed by atoms with E-state index < -0.39 is 0 Å². The Bertz CT molecular complexity index is 738. The van der Waals surface area contributed by atoms with E-state index in [1.165, 1.54) is 11.3 Å². The summed E-state index contributed by atoms with van der Waals surface area (Å²) in [6, 6.07) is 17.9. The second-order valence-electron chi connectivity index (χ2n) is 4.53. The summed E-state index contributed by atoms with van der Waals surface area (Å²) in [6.45, 7) is 2.59. The summed E-state index contributed by atoms with van der Waals surface area (Å²) in [6.07, 6.45) is 0. The average Bonchev–Trinajstić information content (AvgIpc) is 2.91. The van der Waals surface area contributed by atoms with Gasteiger partial charge in [-0.1, -0.05) is 53.8 Å². The molecular formula is C17H16N2OS. The minimum atomic E-state index is 0.618. The minimum Gasteiger partial charge on any atom is -0.493 e. The first-order chi connectivity index (χ1) is 10.3. The predicted octanol–water partition coefficient (Wildman–Crippen LogP) is 4.46. The number of rotatable bonds is 4. The van der Waals surface area contributed by atoms with Crippen LogP contribution in [0.4, 0.5) is 5.00 Å². The van der Waals surface area contributed by atoms with Gasteiger partial charge in [-0.15, -0.1) is 0 Å². The molecule has 3 aromatic rings. The lowest BCUT2D eigenvalue weighted by atomic mass is 10.1. The molecule has 0 saturated heterocycles. The lowest BCUT2D eigenvalue weighted by Crippen LogP contribution is -1.95. The van der Waals surface area contributed by atoms with Crippen LogP contribution in [0.5, 0.6) is 5.75 Å². The Labute approximate surface area is 128 Å². The molecule has 0 aliphatic rings. The number of benzene rings is 2. The minimum absolute atomic E-state index is 0.618. The normalized spacial score (nSPS) is 10.5.